The maximum absolute atomic E-state index is 2.12. The third kappa shape index (κ3) is 5.06. The minimum atomic E-state index is 0. The average molecular weight is 228 g/mol. The van der Waals surface area contributed by atoms with Gasteiger partial charge in [-0.15, -0.1) is 0 Å². The second-order valence-electron chi connectivity index (χ2n) is 3.18. The van der Waals surface area contributed by atoms with Crippen molar-refractivity contribution >= 4 is 0 Å². The van der Waals surface area contributed by atoms with E-state index in [2.05, 4.69) is 62.4 Å². The Morgan fingerprint density at radius 2 is 1.29 bits per heavy atom. The predicted molar refractivity (Wildman–Crippen MR) is 58.8 cm³/mol. The molecule has 0 atom stereocenters. The van der Waals surface area contributed by atoms with Gasteiger partial charge in [0.1, 0.15) is 0 Å². The van der Waals surface area contributed by atoms with Gasteiger partial charge in [-0.3, -0.25) is 0 Å². The molecule has 0 nitrogen and oxygen atoms in total. The first-order valence-electron chi connectivity index (χ1n) is 4.64. The zero-order valence-electron chi connectivity index (χ0n) is 8.68. The monoisotopic (exact) mass is 228 g/mol. The summed E-state index contributed by atoms with van der Waals surface area (Å²) in [5, 5.41) is 0. The summed E-state index contributed by atoms with van der Waals surface area (Å²) in [4.78, 5) is 0. The van der Waals surface area contributed by atoms with E-state index in [9.17, 15) is 0 Å². The van der Waals surface area contributed by atoms with Gasteiger partial charge >= 0.3 is 17.1 Å². The van der Waals surface area contributed by atoms with Crippen LogP contribution in [0, 0.1) is 13.8 Å². The molecule has 0 spiro atoms. The fraction of sp³-hybridized carbons (Fsp3) is 0.231. The molecular weight excluding hydrogens is 212 g/mol. The predicted octanol–water partition coefficient (Wildman–Crippen LogP) is 3.80. The molecule has 0 saturated heterocycles. The van der Waals surface area contributed by atoms with E-state index in [1.54, 1.807) is 0 Å². The van der Waals surface area contributed by atoms with Crippen LogP contribution in [0.3, 0.4) is 0 Å². The van der Waals surface area contributed by atoms with Crippen molar-refractivity contribution < 1.29 is 17.1 Å². The van der Waals surface area contributed by atoms with Crippen LogP contribution in [0.2, 0.25) is 0 Å². The summed E-state index contributed by atoms with van der Waals surface area (Å²) in [6.07, 6.45) is 9.50. The molecule has 0 unspecified atom stereocenters. The Balaban J connectivity index is 0.000000246. The van der Waals surface area contributed by atoms with Crippen LogP contribution < -0.4 is 0 Å². The van der Waals surface area contributed by atoms with Crippen LogP contribution in [0.25, 0.3) is 0 Å². The van der Waals surface area contributed by atoms with Gasteiger partial charge in [0, 0.05) is 0 Å². The van der Waals surface area contributed by atoms with Crippen molar-refractivity contribution in [2.45, 2.75) is 20.3 Å². The SMILES string of the molecule is C1=CCC=C1.Cc1ccccc1C.[Fe+2]. The van der Waals surface area contributed by atoms with Gasteiger partial charge in [0.25, 0.3) is 0 Å². The van der Waals surface area contributed by atoms with Crippen LogP contribution in [0.5, 0.6) is 0 Å². The van der Waals surface area contributed by atoms with Crippen molar-refractivity contribution in [3.8, 4) is 0 Å². The van der Waals surface area contributed by atoms with Crippen molar-refractivity contribution in [2.75, 3.05) is 0 Å². The number of hydrogen-bond donors (Lipinski definition) is 0. The minimum Gasteiger partial charge on any atom is -0.0808 e. The van der Waals surface area contributed by atoms with E-state index in [0.717, 1.165) is 6.42 Å². The molecule has 0 aromatic heterocycles. The smallest absolute Gasteiger partial charge is 0.0808 e. The largest absolute Gasteiger partial charge is 2.00 e. The van der Waals surface area contributed by atoms with E-state index >= 15 is 0 Å². The summed E-state index contributed by atoms with van der Waals surface area (Å²) in [7, 11) is 0. The third-order valence-corrected chi connectivity index (χ3v) is 2.08. The van der Waals surface area contributed by atoms with Crippen LogP contribution in [0.15, 0.2) is 48.6 Å². The van der Waals surface area contributed by atoms with Crippen LogP contribution in [-0.2, 0) is 17.1 Å². The molecular formula is C13H16Fe+2. The fourth-order valence-electron chi connectivity index (χ4n) is 1.06. The first-order valence-corrected chi connectivity index (χ1v) is 4.64. The van der Waals surface area contributed by atoms with Gasteiger partial charge in [0.05, 0.1) is 0 Å². The Morgan fingerprint density at radius 3 is 1.50 bits per heavy atom. The van der Waals surface area contributed by atoms with E-state index < -0.39 is 0 Å². The molecule has 14 heavy (non-hydrogen) atoms. The first kappa shape index (κ1) is 13.2. The maximum atomic E-state index is 2.12. The first-order chi connectivity index (χ1) is 6.30. The number of rotatable bonds is 0. The van der Waals surface area contributed by atoms with Crippen LogP contribution >= 0.6 is 0 Å². The van der Waals surface area contributed by atoms with E-state index in [-0.39, 0.29) is 17.1 Å². The van der Waals surface area contributed by atoms with Crippen molar-refractivity contribution in [2.24, 2.45) is 0 Å². The molecule has 74 valence electrons. The second kappa shape index (κ2) is 7.61. The van der Waals surface area contributed by atoms with E-state index in [1.807, 2.05) is 0 Å². The molecule has 1 aliphatic rings. The van der Waals surface area contributed by atoms with Gasteiger partial charge in [0.2, 0.25) is 0 Å². The molecule has 0 fully saturated rings. The summed E-state index contributed by atoms with van der Waals surface area (Å²) >= 11 is 0. The molecule has 0 amide bonds. The van der Waals surface area contributed by atoms with Gasteiger partial charge in [-0.05, 0) is 31.4 Å². The molecule has 1 aromatic carbocycles. The van der Waals surface area contributed by atoms with Gasteiger partial charge in [0.15, 0.2) is 0 Å². The molecule has 0 N–H and O–H groups in total. The Labute approximate surface area is 97.2 Å². The van der Waals surface area contributed by atoms with Crippen LogP contribution in [0.4, 0.5) is 0 Å². The summed E-state index contributed by atoms with van der Waals surface area (Å²) in [5.41, 5.74) is 2.74. The third-order valence-electron chi connectivity index (χ3n) is 2.08. The van der Waals surface area contributed by atoms with Gasteiger partial charge in [-0.25, -0.2) is 0 Å². The molecule has 0 saturated carbocycles. The normalized spacial score (nSPS) is 11.6. The summed E-state index contributed by atoms with van der Waals surface area (Å²) in [5.74, 6) is 0. The van der Waals surface area contributed by atoms with Gasteiger partial charge in [-0.2, -0.15) is 0 Å². The Hall–Kier alpha value is -0.781. The quantitative estimate of drug-likeness (QED) is 0.592. The van der Waals surface area contributed by atoms with Gasteiger partial charge in [-0.1, -0.05) is 48.6 Å². The molecule has 2 rings (SSSR count). The summed E-state index contributed by atoms with van der Waals surface area (Å²) in [6.45, 7) is 4.24. The number of aryl methyl sites for hydroxylation is 2. The Kier molecular flexibility index (Phi) is 7.18. The molecule has 0 bridgehead atoms. The average Bonchev–Trinajstić information content (AvgIpc) is 2.68. The molecule has 1 aliphatic carbocycles. The maximum Gasteiger partial charge on any atom is 2.00 e. The zero-order valence-corrected chi connectivity index (χ0v) is 9.78. The minimum absolute atomic E-state index is 0. The van der Waals surface area contributed by atoms with Crippen molar-refractivity contribution in [3.05, 3.63) is 59.7 Å². The number of hydrogen-bond acceptors (Lipinski definition) is 0. The molecule has 0 heterocycles. The second-order valence-corrected chi connectivity index (χ2v) is 3.18. The molecule has 1 aromatic rings. The molecule has 1 heteroatoms. The van der Waals surface area contributed by atoms with E-state index in [1.165, 1.54) is 11.1 Å². The molecule has 0 radical (unpaired) electrons. The standard InChI is InChI=1S/C8H10.C5H6.Fe/c1-7-5-3-4-6-8(7)2;1-2-4-5-3-1;/h3-6H,1-2H3;1-4H,5H2;/q;;+2. The van der Waals surface area contributed by atoms with Crippen molar-refractivity contribution in [1.29, 1.82) is 0 Å². The van der Waals surface area contributed by atoms with Crippen molar-refractivity contribution in [3.63, 3.8) is 0 Å². The van der Waals surface area contributed by atoms with Crippen LogP contribution in [0.1, 0.15) is 17.5 Å². The number of allylic oxidation sites excluding steroid dienone is 4. The Morgan fingerprint density at radius 1 is 0.857 bits per heavy atom. The van der Waals surface area contributed by atoms with Crippen LogP contribution in [-0.4, -0.2) is 0 Å². The van der Waals surface area contributed by atoms with Crippen molar-refractivity contribution in [1.82, 2.24) is 0 Å². The number of benzene rings is 1. The zero-order chi connectivity index (χ0) is 9.52. The summed E-state index contributed by atoms with van der Waals surface area (Å²) in [6, 6.07) is 8.36. The van der Waals surface area contributed by atoms with E-state index in [4.69, 9.17) is 0 Å². The topological polar surface area (TPSA) is 0 Å². The van der Waals surface area contributed by atoms with E-state index in [0.29, 0.717) is 0 Å². The summed E-state index contributed by atoms with van der Waals surface area (Å²) < 4.78 is 0. The van der Waals surface area contributed by atoms with Gasteiger partial charge < -0.3 is 0 Å². The Bertz CT molecular complexity index is 280. The molecule has 0 aliphatic heterocycles. The fourth-order valence-corrected chi connectivity index (χ4v) is 1.06.